The molecule has 27 heavy (non-hydrogen) atoms. The van der Waals surface area contributed by atoms with E-state index in [1.54, 1.807) is 30.3 Å². The van der Waals surface area contributed by atoms with Crippen molar-refractivity contribution in [3.63, 3.8) is 0 Å². The Morgan fingerprint density at radius 1 is 1.04 bits per heavy atom. The van der Waals surface area contributed by atoms with Crippen molar-refractivity contribution < 1.29 is 14.3 Å². The molecule has 0 aliphatic carbocycles. The first kappa shape index (κ1) is 17.4. The van der Waals surface area contributed by atoms with Crippen molar-refractivity contribution in [2.75, 3.05) is 0 Å². The smallest absolute Gasteiger partial charge is 0.231 e. The molecule has 0 atom stereocenters. The van der Waals surface area contributed by atoms with Crippen molar-refractivity contribution in [3.05, 3.63) is 99.8 Å². The van der Waals surface area contributed by atoms with Gasteiger partial charge in [0.1, 0.15) is 18.1 Å². The number of ether oxygens (including phenoxy) is 2. The van der Waals surface area contributed by atoms with Crippen LogP contribution >= 0.6 is 11.6 Å². The van der Waals surface area contributed by atoms with Gasteiger partial charge in [0.15, 0.2) is 5.76 Å². The second-order valence-electron chi connectivity index (χ2n) is 6.33. The molecular weight excluding hydrogens is 360 g/mol. The Morgan fingerprint density at radius 2 is 1.81 bits per heavy atom. The van der Waals surface area contributed by atoms with Gasteiger partial charge in [-0.3, -0.25) is 4.79 Å². The number of carbonyl (C=O) groups excluding carboxylic acids is 1. The molecule has 0 saturated heterocycles. The number of Topliss-reactive ketones (excluding diaryl/α,β-unsaturated/α-hetero) is 1. The van der Waals surface area contributed by atoms with Gasteiger partial charge < -0.3 is 9.47 Å². The van der Waals surface area contributed by atoms with Crippen LogP contribution in [-0.4, -0.2) is 5.78 Å². The highest BCUT2D eigenvalue weighted by molar-refractivity contribution is 6.32. The van der Waals surface area contributed by atoms with Gasteiger partial charge >= 0.3 is 0 Å². The third-order valence-corrected chi connectivity index (χ3v) is 4.83. The summed E-state index contributed by atoms with van der Waals surface area (Å²) in [5.41, 5.74) is 3.56. The van der Waals surface area contributed by atoms with E-state index in [4.69, 9.17) is 21.1 Å². The summed E-state index contributed by atoms with van der Waals surface area (Å²) < 4.78 is 11.6. The van der Waals surface area contributed by atoms with Crippen LogP contribution in [-0.2, 0) is 6.61 Å². The van der Waals surface area contributed by atoms with Crippen LogP contribution in [0.25, 0.3) is 6.08 Å². The molecule has 3 aromatic rings. The number of hydrogen-bond acceptors (Lipinski definition) is 3. The lowest BCUT2D eigenvalue weighted by Gasteiger charge is -2.09. The van der Waals surface area contributed by atoms with Crippen LogP contribution in [0, 0.1) is 6.92 Å². The summed E-state index contributed by atoms with van der Waals surface area (Å²) >= 11 is 6.17. The van der Waals surface area contributed by atoms with Gasteiger partial charge in [-0.05, 0) is 47.9 Å². The van der Waals surface area contributed by atoms with E-state index >= 15 is 0 Å². The summed E-state index contributed by atoms with van der Waals surface area (Å²) in [6, 6.07) is 20.7. The molecule has 1 heterocycles. The lowest BCUT2D eigenvalue weighted by Crippen LogP contribution is -1.98. The molecule has 0 fully saturated rings. The van der Waals surface area contributed by atoms with Crippen LogP contribution in [0.5, 0.6) is 11.5 Å². The number of fused-ring (bicyclic) bond motifs is 1. The number of hydrogen-bond donors (Lipinski definition) is 0. The lowest BCUT2D eigenvalue weighted by atomic mass is 10.1. The van der Waals surface area contributed by atoms with Crippen LogP contribution in [0.4, 0.5) is 0 Å². The molecule has 3 aromatic carbocycles. The second kappa shape index (κ2) is 7.29. The predicted octanol–water partition coefficient (Wildman–Crippen LogP) is 5.84. The van der Waals surface area contributed by atoms with Crippen molar-refractivity contribution in [3.8, 4) is 11.5 Å². The van der Waals surface area contributed by atoms with E-state index in [1.807, 2.05) is 36.4 Å². The largest absolute Gasteiger partial charge is 0.489 e. The first-order chi connectivity index (χ1) is 13.1. The zero-order valence-corrected chi connectivity index (χ0v) is 15.5. The standard InChI is InChI=1S/C23H17ClO3/c1-15-6-2-3-8-17(15)14-26-18-10-11-19-21(13-18)27-22(23(19)25)12-16-7-4-5-9-20(16)24/h2-13H,14H2,1H3/b22-12-. The van der Waals surface area contributed by atoms with Gasteiger partial charge in [0.2, 0.25) is 5.78 Å². The van der Waals surface area contributed by atoms with Gasteiger partial charge in [-0.25, -0.2) is 0 Å². The van der Waals surface area contributed by atoms with Gasteiger partial charge in [-0.2, -0.15) is 0 Å². The highest BCUT2D eigenvalue weighted by Gasteiger charge is 2.28. The Kier molecular flexibility index (Phi) is 4.69. The molecule has 0 bridgehead atoms. The highest BCUT2D eigenvalue weighted by atomic mass is 35.5. The highest BCUT2D eigenvalue weighted by Crippen LogP contribution is 2.35. The molecule has 0 unspecified atom stereocenters. The summed E-state index contributed by atoms with van der Waals surface area (Å²) in [6.45, 7) is 2.51. The third kappa shape index (κ3) is 3.60. The zero-order valence-electron chi connectivity index (χ0n) is 14.7. The maximum atomic E-state index is 12.6. The molecular formula is C23H17ClO3. The minimum atomic E-state index is -0.157. The summed E-state index contributed by atoms with van der Waals surface area (Å²) in [5.74, 6) is 1.26. The van der Waals surface area contributed by atoms with Crippen LogP contribution in [0.15, 0.2) is 72.5 Å². The normalized spacial score (nSPS) is 14.1. The van der Waals surface area contributed by atoms with Crippen LogP contribution in [0.1, 0.15) is 27.0 Å². The Hall–Kier alpha value is -3.04. The first-order valence-electron chi connectivity index (χ1n) is 8.62. The quantitative estimate of drug-likeness (QED) is 0.536. The van der Waals surface area contributed by atoms with Gasteiger partial charge in [0, 0.05) is 11.1 Å². The lowest BCUT2D eigenvalue weighted by molar-refractivity contribution is 0.101. The maximum absolute atomic E-state index is 12.6. The number of rotatable bonds is 4. The van der Waals surface area contributed by atoms with Crippen molar-refractivity contribution in [2.24, 2.45) is 0 Å². The van der Waals surface area contributed by atoms with E-state index < -0.39 is 0 Å². The van der Waals surface area contributed by atoms with Crippen molar-refractivity contribution >= 4 is 23.5 Å². The number of carbonyl (C=O) groups is 1. The predicted molar refractivity (Wildman–Crippen MR) is 106 cm³/mol. The Labute approximate surface area is 162 Å². The van der Waals surface area contributed by atoms with Gasteiger partial charge in [-0.15, -0.1) is 0 Å². The fraction of sp³-hybridized carbons (Fsp3) is 0.0870. The van der Waals surface area contributed by atoms with Crippen molar-refractivity contribution in [1.29, 1.82) is 0 Å². The number of halogens is 1. The number of aryl methyl sites for hydroxylation is 1. The van der Waals surface area contributed by atoms with Crippen molar-refractivity contribution in [1.82, 2.24) is 0 Å². The van der Waals surface area contributed by atoms with E-state index in [0.29, 0.717) is 28.7 Å². The molecule has 0 spiro atoms. The summed E-state index contributed by atoms with van der Waals surface area (Å²) in [7, 11) is 0. The molecule has 0 radical (unpaired) electrons. The van der Waals surface area contributed by atoms with Crippen LogP contribution in [0.3, 0.4) is 0 Å². The zero-order chi connectivity index (χ0) is 18.8. The minimum Gasteiger partial charge on any atom is -0.489 e. The Bertz CT molecular complexity index is 1050. The number of allylic oxidation sites excluding steroid dienone is 1. The SMILES string of the molecule is Cc1ccccc1COc1ccc2c(c1)O/C(=C\c1ccccc1Cl)C2=O. The summed E-state index contributed by atoms with van der Waals surface area (Å²) in [4.78, 5) is 12.6. The molecule has 4 rings (SSSR count). The maximum Gasteiger partial charge on any atom is 0.231 e. The van der Waals surface area contributed by atoms with Gasteiger partial charge in [-0.1, -0.05) is 54.1 Å². The van der Waals surface area contributed by atoms with Crippen LogP contribution in [0.2, 0.25) is 5.02 Å². The molecule has 3 nitrogen and oxygen atoms in total. The number of ketones is 1. The minimum absolute atomic E-state index is 0.157. The summed E-state index contributed by atoms with van der Waals surface area (Å²) in [5, 5.41) is 0.569. The van der Waals surface area contributed by atoms with E-state index in [-0.39, 0.29) is 11.5 Å². The van der Waals surface area contributed by atoms with Crippen LogP contribution < -0.4 is 9.47 Å². The van der Waals surface area contributed by atoms with E-state index in [9.17, 15) is 4.79 Å². The van der Waals surface area contributed by atoms with E-state index in [1.165, 1.54) is 5.56 Å². The van der Waals surface area contributed by atoms with Crippen molar-refractivity contribution in [2.45, 2.75) is 13.5 Å². The first-order valence-corrected chi connectivity index (χ1v) is 9.00. The van der Waals surface area contributed by atoms with Gasteiger partial charge in [0.25, 0.3) is 0 Å². The molecule has 1 aliphatic heterocycles. The Balaban J connectivity index is 1.54. The molecule has 0 saturated carbocycles. The fourth-order valence-corrected chi connectivity index (χ4v) is 3.11. The summed E-state index contributed by atoms with van der Waals surface area (Å²) in [6.07, 6.45) is 1.67. The fourth-order valence-electron chi connectivity index (χ4n) is 2.92. The third-order valence-electron chi connectivity index (χ3n) is 4.49. The van der Waals surface area contributed by atoms with Gasteiger partial charge in [0.05, 0.1) is 5.56 Å². The average molecular weight is 377 g/mol. The molecule has 4 heteroatoms. The molecule has 0 N–H and O–H groups in total. The van der Waals surface area contributed by atoms with E-state index in [0.717, 1.165) is 11.1 Å². The second-order valence-corrected chi connectivity index (χ2v) is 6.74. The monoisotopic (exact) mass is 376 g/mol. The molecule has 1 aliphatic rings. The Morgan fingerprint density at radius 3 is 2.63 bits per heavy atom. The number of benzene rings is 3. The molecule has 0 aromatic heterocycles. The molecule has 0 amide bonds. The van der Waals surface area contributed by atoms with E-state index in [2.05, 4.69) is 13.0 Å². The topological polar surface area (TPSA) is 35.5 Å². The average Bonchev–Trinajstić information content (AvgIpc) is 2.98. The molecule has 134 valence electrons.